The summed E-state index contributed by atoms with van der Waals surface area (Å²) in [6.07, 6.45) is 2.00. The van der Waals surface area contributed by atoms with E-state index in [0.717, 1.165) is 25.9 Å². The SMILES string of the molecule is O=C(N[C@H]1CCCNC1)c1ccc(=O)n(-c2ccccc2)n1. The number of nitrogens with zero attached hydrogens (tertiary/aromatic N) is 2. The maximum atomic E-state index is 12.3. The van der Waals surface area contributed by atoms with E-state index < -0.39 is 0 Å². The second-order valence-corrected chi connectivity index (χ2v) is 5.32. The maximum Gasteiger partial charge on any atom is 0.272 e. The molecule has 1 aromatic carbocycles. The summed E-state index contributed by atoms with van der Waals surface area (Å²) in [5.41, 5.74) is 0.623. The lowest BCUT2D eigenvalue weighted by molar-refractivity contribution is 0.0924. The fourth-order valence-corrected chi connectivity index (χ4v) is 2.52. The molecule has 6 nitrogen and oxygen atoms in total. The molecule has 2 heterocycles. The number of piperidine rings is 1. The second-order valence-electron chi connectivity index (χ2n) is 5.32. The van der Waals surface area contributed by atoms with E-state index in [-0.39, 0.29) is 23.2 Å². The quantitative estimate of drug-likeness (QED) is 0.875. The van der Waals surface area contributed by atoms with E-state index in [1.165, 1.54) is 16.8 Å². The Labute approximate surface area is 128 Å². The molecule has 0 saturated carbocycles. The van der Waals surface area contributed by atoms with Gasteiger partial charge in [-0.25, -0.2) is 0 Å². The van der Waals surface area contributed by atoms with Gasteiger partial charge in [0.1, 0.15) is 5.69 Å². The summed E-state index contributed by atoms with van der Waals surface area (Å²) in [6.45, 7) is 1.76. The number of rotatable bonds is 3. The van der Waals surface area contributed by atoms with Crippen LogP contribution in [0, 0.1) is 0 Å². The minimum absolute atomic E-state index is 0.111. The van der Waals surface area contributed by atoms with Gasteiger partial charge in [-0.1, -0.05) is 18.2 Å². The van der Waals surface area contributed by atoms with Gasteiger partial charge in [-0.2, -0.15) is 9.78 Å². The summed E-state index contributed by atoms with van der Waals surface area (Å²) in [5.74, 6) is -0.251. The molecule has 1 aromatic heterocycles. The predicted octanol–water partition coefficient (Wildman–Crippen LogP) is 0.714. The summed E-state index contributed by atoms with van der Waals surface area (Å²) in [6, 6.07) is 12.0. The zero-order valence-electron chi connectivity index (χ0n) is 12.2. The number of hydrogen-bond acceptors (Lipinski definition) is 4. The lowest BCUT2D eigenvalue weighted by Gasteiger charge is -2.23. The van der Waals surface area contributed by atoms with Crippen LogP contribution in [0.2, 0.25) is 0 Å². The van der Waals surface area contributed by atoms with Gasteiger partial charge in [0.05, 0.1) is 5.69 Å². The molecule has 1 amide bonds. The van der Waals surface area contributed by atoms with Crippen molar-refractivity contribution < 1.29 is 4.79 Å². The molecule has 6 heteroatoms. The third-order valence-electron chi connectivity index (χ3n) is 3.67. The molecule has 0 spiro atoms. The Kier molecular flexibility index (Phi) is 4.29. The van der Waals surface area contributed by atoms with Gasteiger partial charge in [-0.05, 0) is 37.6 Å². The Hall–Kier alpha value is -2.47. The van der Waals surface area contributed by atoms with E-state index in [9.17, 15) is 9.59 Å². The van der Waals surface area contributed by atoms with Gasteiger partial charge >= 0.3 is 0 Å². The van der Waals surface area contributed by atoms with Gasteiger partial charge in [0.15, 0.2) is 0 Å². The van der Waals surface area contributed by atoms with Crippen LogP contribution in [0.25, 0.3) is 5.69 Å². The summed E-state index contributed by atoms with van der Waals surface area (Å²) in [5, 5.41) is 10.4. The van der Waals surface area contributed by atoms with Crippen molar-refractivity contribution in [1.82, 2.24) is 20.4 Å². The molecular formula is C16H18N4O2. The lowest BCUT2D eigenvalue weighted by Crippen LogP contribution is -2.46. The molecule has 1 aliphatic rings. The van der Waals surface area contributed by atoms with Gasteiger partial charge in [0.25, 0.3) is 11.5 Å². The molecular weight excluding hydrogens is 280 g/mol. The van der Waals surface area contributed by atoms with Crippen molar-refractivity contribution in [3.05, 3.63) is 58.5 Å². The Morgan fingerprint density at radius 3 is 2.77 bits per heavy atom. The van der Waals surface area contributed by atoms with Crippen LogP contribution >= 0.6 is 0 Å². The molecule has 3 rings (SSSR count). The Morgan fingerprint density at radius 1 is 1.23 bits per heavy atom. The minimum Gasteiger partial charge on any atom is -0.347 e. The molecule has 0 radical (unpaired) electrons. The number of hydrogen-bond donors (Lipinski definition) is 2. The highest BCUT2D eigenvalue weighted by Gasteiger charge is 2.17. The van der Waals surface area contributed by atoms with Crippen LogP contribution < -0.4 is 16.2 Å². The number of carbonyl (C=O) groups is 1. The molecule has 114 valence electrons. The van der Waals surface area contributed by atoms with Gasteiger partial charge in [0.2, 0.25) is 0 Å². The Morgan fingerprint density at radius 2 is 2.05 bits per heavy atom. The molecule has 0 aliphatic carbocycles. The molecule has 1 fully saturated rings. The smallest absolute Gasteiger partial charge is 0.272 e. The summed E-state index contributed by atoms with van der Waals surface area (Å²) in [7, 11) is 0. The zero-order chi connectivity index (χ0) is 15.4. The standard InChI is InChI=1S/C16H18N4O2/c21-15-9-8-14(16(22)18-12-5-4-10-17-11-12)19-20(15)13-6-2-1-3-7-13/h1-3,6-9,12,17H,4-5,10-11H2,(H,18,22)/t12-/m0/s1. The van der Waals surface area contributed by atoms with Crippen LogP contribution in [0.5, 0.6) is 0 Å². The van der Waals surface area contributed by atoms with E-state index in [4.69, 9.17) is 0 Å². The van der Waals surface area contributed by atoms with Crippen LogP contribution in [0.1, 0.15) is 23.3 Å². The number of amides is 1. The van der Waals surface area contributed by atoms with Crippen LogP contribution in [0.4, 0.5) is 0 Å². The fraction of sp³-hybridized carbons (Fsp3) is 0.312. The average Bonchev–Trinajstić information content (AvgIpc) is 2.57. The van der Waals surface area contributed by atoms with Gasteiger partial charge in [0, 0.05) is 18.7 Å². The van der Waals surface area contributed by atoms with Crippen molar-refractivity contribution in [2.24, 2.45) is 0 Å². The van der Waals surface area contributed by atoms with Crippen molar-refractivity contribution >= 4 is 5.91 Å². The molecule has 1 saturated heterocycles. The average molecular weight is 298 g/mol. The summed E-state index contributed by atoms with van der Waals surface area (Å²) < 4.78 is 1.24. The second kappa shape index (κ2) is 6.53. The van der Waals surface area contributed by atoms with Crippen LogP contribution in [0.3, 0.4) is 0 Å². The first-order chi connectivity index (χ1) is 10.7. The van der Waals surface area contributed by atoms with E-state index >= 15 is 0 Å². The number of nitrogens with one attached hydrogen (secondary N) is 2. The maximum absolute atomic E-state index is 12.3. The molecule has 0 unspecified atom stereocenters. The van der Waals surface area contributed by atoms with E-state index in [0.29, 0.717) is 5.69 Å². The number of para-hydroxylation sites is 1. The number of carbonyl (C=O) groups excluding carboxylic acids is 1. The minimum atomic E-state index is -0.262. The van der Waals surface area contributed by atoms with Gasteiger partial charge in [-0.3, -0.25) is 9.59 Å². The molecule has 2 N–H and O–H groups in total. The van der Waals surface area contributed by atoms with Crippen molar-refractivity contribution in [3.8, 4) is 5.69 Å². The third-order valence-corrected chi connectivity index (χ3v) is 3.67. The first-order valence-electron chi connectivity index (χ1n) is 7.41. The van der Waals surface area contributed by atoms with Gasteiger partial charge < -0.3 is 10.6 Å². The van der Waals surface area contributed by atoms with Gasteiger partial charge in [-0.15, -0.1) is 0 Å². The summed E-state index contributed by atoms with van der Waals surface area (Å²) >= 11 is 0. The first-order valence-corrected chi connectivity index (χ1v) is 7.41. The van der Waals surface area contributed by atoms with Crippen molar-refractivity contribution in [3.63, 3.8) is 0 Å². The van der Waals surface area contributed by atoms with E-state index in [1.807, 2.05) is 18.2 Å². The number of benzene rings is 1. The fourth-order valence-electron chi connectivity index (χ4n) is 2.52. The van der Waals surface area contributed by atoms with E-state index in [1.54, 1.807) is 12.1 Å². The molecule has 1 atom stereocenters. The highest BCUT2D eigenvalue weighted by atomic mass is 16.2. The highest BCUT2D eigenvalue weighted by Crippen LogP contribution is 2.05. The third kappa shape index (κ3) is 3.23. The lowest BCUT2D eigenvalue weighted by atomic mass is 10.1. The van der Waals surface area contributed by atoms with Crippen molar-refractivity contribution in [2.45, 2.75) is 18.9 Å². The van der Waals surface area contributed by atoms with Crippen molar-refractivity contribution in [1.29, 1.82) is 0 Å². The molecule has 22 heavy (non-hydrogen) atoms. The summed E-state index contributed by atoms with van der Waals surface area (Å²) in [4.78, 5) is 24.2. The largest absolute Gasteiger partial charge is 0.347 e. The zero-order valence-corrected chi connectivity index (χ0v) is 12.2. The van der Waals surface area contributed by atoms with Crippen LogP contribution in [-0.4, -0.2) is 34.8 Å². The predicted molar refractivity (Wildman–Crippen MR) is 83.2 cm³/mol. The topological polar surface area (TPSA) is 76.0 Å². The van der Waals surface area contributed by atoms with E-state index in [2.05, 4.69) is 15.7 Å². The number of aromatic nitrogens is 2. The monoisotopic (exact) mass is 298 g/mol. The molecule has 1 aliphatic heterocycles. The normalized spacial score (nSPS) is 17.9. The molecule has 2 aromatic rings. The molecule has 0 bridgehead atoms. The highest BCUT2D eigenvalue weighted by molar-refractivity contribution is 5.92. The Bertz CT molecular complexity index is 706. The van der Waals surface area contributed by atoms with Crippen LogP contribution in [0.15, 0.2) is 47.3 Å². The first kappa shape index (κ1) is 14.5. The Balaban J connectivity index is 1.82. The van der Waals surface area contributed by atoms with Crippen molar-refractivity contribution in [2.75, 3.05) is 13.1 Å². The van der Waals surface area contributed by atoms with Crippen LogP contribution in [-0.2, 0) is 0 Å².